The van der Waals surface area contributed by atoms with Gasteiger partial charge in [0.1, 0.15) is 0 Å². The lowest BCUT2D eigenvalue weighted by Gasteiger charge is -2.22. The van der Waals surface area contributed by atoms with Crippen LogP contribution in [0.25, 0.3) is 0 Å². The molecule has 86 valence electrons. The Balaban J connectivity index is 2.16. The van der Waals surface area contributed by atoms with Crippen LogP contribution in [0.3, 0.4) is 0 Å². The third kappa shape index (κ3) is 5.81. The van der Waals surface area contributed by atoms with Gasteiger partial charge in [0.25, 0.3) is 0 Å². The van der Waals surface area contributed by atoms with E-state index in [0.29, 0.717) is 12.3 Å². The van der Waals surface area contributed by atoms with Crippen molar-refractivity contribution in [2.75, 3.05) is 12.3 Å². The van der Waals surface area contributed by atoms with E-state index in [1.54, 1.807) is 12.4 Å². The first-order valence-electron chi connectivity index (χ1n) is 5.02. The average molecular weight is 229 g/mol. The second kappa shape index (κ2) is 5.53. The highest BCUT2D eigenvalue weighted by Crippen LogP contribution is 2.12. The van der Waals surface area contributed by atoms with E-state index in [1.165, 1.54) is 11.8 Å². The number of hydrogen-bond acceptors (Lipinski definition) is 4. The number of thioether (sulfide) groups is 1. The number of imidazole rings is 1. The van der Waals surface area contributed by atoms with Gasteiger partial charge in [0.05, 0.1) is 6.10 Å². The maximum Gasteiger partial charge on any atom is 0.165 e. The smallest absolute Gasteiger partial charge is 0.165 e. The number of rotatable bonds is 5. The Morgan fingerprint density at radius 2 is 2.33 bits per heavy atom. The Morgan fingerprint density at radius 3 is 2.87 bits per heavy atom. The first-order valence-corrected chi connectivity index (χ1v) is 6.01. The Morgan fingerprint density at radius 1 is 1.60 bits per heavy atom. The van der Waals surface area contributed by atoms with Crippen molar-refractivity contribution < 1.29 is 5.11 Å². The summed E-state index contributed by atoms with van der Waals surface area (Å²) in [7, 11) is 0. The maximum absolute atomic E-state index is 9.69. The molecular formula is C10H19N3OS. The Labute approximate surface area is 94.9 Å². The summed E-state index contributed by atoms with van der Waals surface area (Å²) in [5, 5.41) is 13.8. The van der Waals surface area contributed by atoms with Gasteiger partial charge >= 0.3 is 0 Å². The van der Waals surface area contributed by atoms with Crippen LogP contribution in [0.5, 0.6) is 0 Å². The molecule has 0 aromatic carbocycles. The summed E-state index contributed by atoms with van der Waals surface area (Å²) in [6.45, 7) is 6.86. The van der Waals surface area contributed by atoms with Crippen molar-refractivity contribution in [1.29, 1.82) is 0 Å². The first kappa shape index (κ1) is 12.5. The summed E-state index contributed by atoms with van der Waals surface area (Å²) in [4.78, 5) is 7.06. The van der Waals surface area contributed by atoms with E-state index in [9.17, 15) is 5.11 Å². The van der Waals surface area contributed by atoms with Crippen LogP contribution < -0.4 is 5.32 Å². The van der Waals surface area contributed by atoms with E-state index in [2.05, 4.69) is 36.1 Å². The fraction of sp³-hybridized carbons (Fsp3) is 0.700. The molecule has 4 nitrogen and oxygen atoms in total. The number of nitrogens with zero attached hydrogens (tertiary/aromatic N) is 1. The molecule has 0 spiro atoms. The molecule has 1 rings (SSSR count). The summed E-state index contributed by atoms with van der Waals surface area (Å²) >= 11 is 1.53. The predicted octanol–water partition coefficient (Wildman–Crippen LogP) is 1.25. The van der Waals surface area contributed by atoms with Crippen LogP contribution >= 0.6 is 11.8 Å². The summed E-state index contributed by atoms with van der Waals surface area (Å²) in [6, 6.07) is 0. The van der Waals surface area contributed by atoms with Gasteiger partial charge in [0.15, 0.2) is 5.16 Å². The van der Waals surface area contributed by atoms with Gasteiger partial charge < -0.3 is 15.4 Å². The van der Waals surface area contributed by atoms with Gasteiger partial charge in [-0.1, -0.05) is 11.8 Å². The molecule has 0 saturated heterocycles. The van der Waals surface area contributed by atoms with Gasteiger partial charge in [-0.25, -0.2) is 4.98 Å². The molecule has 0 fully saturated rings. The van der Waals surface area contributed by atoms with E-state index in [0.717, 1.165) is 5.16 Å². The van der Waals surface area contributed by atoms with Gasteiger partial charge in [0.2, 0.25) is 0 Å². The summed E-state index contributed by atoms with van der Waals surface area (Å²) in [5.41, 5.74) is 0.0519. The van der Waals surface area contributed by atoms with Gasteiger partial charge in [-0.05, 0) is 20.8 Å². The normalized spacial score (nSPS) is 14.1. The van der Waals surface area contributed by atoms with Crippen LogP contribution in [0, 0.1) is 0 Å². The molecule has 0 amide bonds. The molecular weight excluding hydrogens is 210 g/mol. The fourth-order valence-corrected chi connectivity index (χ4v) is 1.74. The second-order valence-corrected chi connectivity index (χ2v) is 5.50. The molecule has 1 aromatic heterocycles. The first-order chi connectivity index (χ1) is 6.97. The molecule has 1 atom stereocenters. The SMILES string of the molecule is CC(C)(C)NCC(O)CSc1ncc[nH]1. The summed E-state index contributed by atoms with van der Waals surface area (Å²) < 4.78 is 0. The van der Waals surface area contributed by atoms with Crippen LogP contribution in [-0.4, -0.2) is 39.0 Å². The average Bonchev–Trinajstić information content (AvgIpc) is 2.62. The van der Waals surface area contributed by atoms with E-state index >= 15 is 0 Å². The zero-order valence-corrected chi connectivity index (χ0v) is 10.3. The molecule has 0 radical (unpaired) electrons. The molecule has 0 aliphatic rings. The number of aliphatic hydroxyl groups excluding tert-OH is 1. The zero-order valence-electron chi connectivity index (χ0n) is 9.45. The van der Waals surface area contributed by atoms with E-state index in [1.807, 2.05) is 0 Å². The Hall–Kier alpha value is -0.520. The standard InChI is InChI=1S/C10H19N3OS/c1-10(2,3)13-6-8(14)7-15-9-11-4-5-12-9/h4-5,8,13-14H,6-7H2,1-3H3,(H,11,12). The van der Waals surface area contributed by atoms with Crippen molar-refractivity contribution in [1.82, 2.24) is 15.3 Å². The van der Waals surface area contributed by atoms with Gasteiger partial charge in [-0.15, -0.1) is 0 Å². The quantitative estimate of drug-likeness (QED) is 0.665. The minimum absolute atomic E-state index is 0.0519. The molecule has 0 saturated carbocycles. The zero-order chi connectivity index (χ0) is 11.3. The van der Waals surface area contributed by atoms with Crippen LogP contribution in [0.15, 0.2) is 17.6 Å². The highest BCUT2D eigenvalue weighted by molar-refractivity contribution is 7.99. The number of aliphatic hydroxyl groups is 1. The van der Waals surface area contributed by atoms with Gasteiger partial charge in [0, 0.05) is 30.2 Å². The number of aromatic amines is 1. The van der Waals surface area contributed by atoms with Crippen LogP contribution in [0.4, 0.5) is 0 Å². The highest BCUT2D eigenvalue weighted by Gasteiger charge is 2.12. The van der Waals surface area contributed by atoms with Crippen LogP contribution in [-0.2, 0) is 0 Å². The van der Waals surface area contributed by atoms with Crippen molar-refractivity contribution in [3.05, 3.63) is 12.4 Å². The molecule has 5 heteroatoms. The minimum Gasteiger partial charge on any atom is -0.391 e. The number of H-pyrrole nitrogens is 1. The monoisotopic (exact) mass is 229 g/mol. The largest absolute Gasteiger partial charge is 0.391 e. The molecule has 1 unspecified atom stereocenters. The lowest BCUT2D eigenvalue weighted by molar-refractivity contribution is 0.183. The van der Waals surface area contributed by atoms with Crippen molar-refractivity contribution in [2.45, 2.75) is 37.6 Å². The fourth-order valence-electron chi connectivity index (χ4n) is 0.988. The van der Waals surface area contributed by atoms with Crippen molar-refractivity contribution in [3.63, 3.8) is 0 Å². The number of nitrogens with one attached hydrogen (secondary N) is 2. The third-order valence-corrected chi connectivity index (χ3v) is 2.80. The Bertz CT molecular complexity index is 269. The Kier molecular flexibility index (Phi) is 4.63. The van der Waals surface area contributed by atoms with Crippen molar-refractivity contribution in [3.8, 4) is 0 Å². The van der Waals surface area contributed by atoms with Gasteiger partial charge in [-0.2, -0.15) is 0 Å². The van der Waals surface area contributed by atoms with Gasteiger partial charge in [-0.3, -0.25) is 0 Å². The van der Waals surface area contributed by atoms with Crippen molar-refractivity contribution >= 4 is 11.8 Å². The molecule has 0 bridgehead atoms. The molecule has 15 heavy (non-hydrogen) atoms. The van der Waals surface area contributed by atoms with Crippen LogP contribution in [0.2, 0.25) is 0 Å². The van der Waals surface area contributed by atoms with Crippen LogP contribution in [0.1, 0.15) is 20.8 Å². The minimum atomic E-state index is -0.348. The number of hydrogen-bond donors (Lipinski definition) is 3. The summed E-state index contributed by atoms with van der Waals surface area (Å²) in [5.74, 6) is 0.649. The highest BCUT2D eigenvalue weighted by atomic mass is 32.2. The van der Waals surface area contributed by atoms with Crippen molar-refractivity contribution in [2.24, 2.45) is 0 Å². The number of β-amino-alcohol motifs (C(OH)–C–C–N with tert-alkyl or cyclic N) is 1. The molecule has 1 heterocycles. The predicted molar refractivity (Wildman–Crippen MR) is 63.1 cm³/mol. The topological polar surface area (TPSA) is 60.9 Å². The second-order valence-electron chi connectivity index (χ2n) is 4.49. The molecule has 0 aliphatic carbocycles. The molecule has 1 aromatic rings. The molecule has 0 aliphatic heterocycles. The third-order valence-electron chi connectivity index (χ3n) is 1.75. The lowest BCUT2D eigenvalue weighted by Crippen LogP contribution is -2.41. The number of aromatic nitrogens is 2. The molecule has 3 N–H and O–H groups in total. The van der Waals surface area contributed by atoms with E-state index in [4.69, 9.17) is 0 Å². The maximum atomic E-state index is 9.69. The lowest BCUT2D eigenvalue weighted by atomic mass is 10.1. The van der Waals surface area contributed by atoms with E-state index < -0.39 is 0 Å². The summed E-state index contributed by atoms with van der Waals surface area (Å²) in [6.07, 6.45) is 3.14. The van der Waals surface area contributed by atoms with E-state index in [-0.39, 0.29) is 11.6 Å².